The lowest BCUT2D eigenvalue weighted by molar-refractivity contribution is -0.114. The quantitative estimate of drug-likeness (QED) is 0.364. The molecule has 3 aliphatic rings. The average Bonchev–Trinajstić information content (AvgIpc) is 3.27. The Morgan fingerprint density at radius 2 is 1.91 bits per heavy atom. The number of rotatable bonds is 4. The van der Waals surface area contributed by atoms with E-state index >= 15 is 0 Å². The Hall–Kier alpha value is -3.52. The zero-order valence-electron chi connectivity index (χ0n) is 18.8. The molecule has 0 radical (unpaired) electrons. The first kappa shape index (κ1) is 22.3. The molecule has 0 saturated heterocycles. The van der Waals surface area contributed by atoms with Crippen LogP contribution in [0.3, 0.4) is 0 Å². The van der Waals surface area contributed by atoms with Crippen LogP contribution in [-0.2, 0) is 4.79 Å². The van der Waals surface area contributed by atoms with Crippen molar-refractivity contribution in [2.24, 2.45) is 16.0 Å². The van der Waals surface area contributed by atoms with Gasteiger partial charge >= 0.3 is 5.97 Å². The van der Waals surface area contributed by atoms with Gasteiger partial charge in [-0.15, -0.1) is 0 Å². The smallest absolute Gasteiger partial charge is 0.343 e. The van der Waals surface area contributed by atoms with Gasteiger partial charge in [-0.2, -0.15) is 15.1 Å². The third-order valence-corrected chi connectivity index (χ3v) is 7.15. The Morgan fingerprint density at radius 3 is 2.65 bits per heavy atom. The second kappa shape index (κ2) is 9.38. The normalized spacial score (nSPS) is 19.7. The van der Waals surface area contributed by atoms with Gasteiger partial charge in [0.25, 0.3) is 5.91 Å². The predicted molar refractivity (Wildman–Crippen MR) is 134 cm³/mol. The summed E-state index contributed by atoms with van der Waals surface area (Å²) < 4.78 is 5.45. The molecule has 2 heterocycles. The topological polar surface area (TPSA) is 95.2 Å². The first-order valence-electron chi connectivity index (χ1n) is 11.4. The van der Waals surface area contributed by atoms with E-state index in [-0.39, 0.29) is 11.4 Å². The molecule has 1 N–H and O–H groups in total. The first-order valence-corrected chi connectivity index (χ1v) is 12.2. The second-order valence-corrected chi connectivity index (χ2v) is 9.61. The SMILES string of the molecule is Cc1cccc(C(=O)Oc2ccc(C=C3C(=N)N4N=C(C5CCCCC5)SC4=NC3=O)cc2)c1. The molecule has 7 nitrogen and oxygen atoms in total. The number of amidine groups is 2. The van der Waals surface area contributed by atoms with Crippen LogP contribution in [-0.4, -0.2) is 32.9 Å². The summed E-state index contributed by atoms with van der Waals surface area (Å²) in [5.74, 6) is -0.0600. The number of nitrogens with zero attached hydrogens (tertiary/aromatic N) is 3. The van der Waals surface area contributed by atoms with Crippen LogP contribution in [0.2, 0.25) is 0 Å². The van der Waals surface area contributed by atoms with Crippen LogP contribution in [0.5, 0.6) is 5.75 Å². The molecule has 34 heavy (non-hydrogen) atoms. The monoisotopic (exact) mass is 472 g/mol. The number of carbonyl (C=O) groups is 2. The van der Waals surface area contributed by atoms with Crippen molar-refractivity contribution >= 4 is 45.8 Å². The number of aliphatic imine (C=N–C) groups is 1. The highest BCUT2D eigenvalue weighted by molar-refractivity contribution is 8.27. The minimum Gasteiger partial charge on any atom is -0.423 e. The van der Waals surface area contributed by atoms with E-state index in [1.807, 2.05) is 19.1 Å². The van der Waals surface area contributed by atoms with Crippen molar-refractivity contribution in [2.75, 3.05) is 0 Å². The van der Waals surface area contributed by atoms with E-state index in [9.17, 15) is 9.59 Å². The zero-order valence-corrected chi connectivity index (χ0v) is 19.6. The van der Waals surface area contributed by atoms with E-state index in [0.29, 0.717) is 28.0 Å². The number of hydrogen-bond acceptors (Lipinski definition) is 6. The van der Waals surface area contributed by atoms with Crippen LogP contribution >= 0.6 is 11.8 Å². The van der Waals surface area contributed by atoms with Crippen molar-refractivity contribution in [3.05, 3.63) is 70.8 Å². The molecule has 1 amide bonds. The van der Waals surface area contributed by atoms with E-state index in [1.165, 1.54) is 36.0 Å². The van der Waals surface area contributed by atoms with Crippen LogP contribution in [0.15, 0.2) is 64.2 Å². The molecule has 2 aliphatic heterocycles. The predicted octanol–water partition coefficient (Wildman–Crippen LogP) is 5.41. The maximum atomic E-state index is 12.7. The minimum atomic E-state index is -0.446. The maximum absolute atomic E-state index is 12.7. The van der Waals surface area contributed by atoms with Crippen LogP contribution in [0, 0.1) is 18.3 Å². The number of aryl methyl sites for hydroxylation is 1. The number of esters is 1. The van der Waals surface area contributed by atoms with Gasteiger partial charge in [0.15, 0.2) is 5.84 Å². The summed E-state index contributed by atoms with van der Waals surface area (Å²) >= 11 is 1.41. The molecule has 8 heteroatoms. The Bertz CT molecular complexity index is 1260. The fourth-order valence-electron chi connectivity index (χ4n) is 4.26. The van der Waals surface area contributed by atoms with Gasteiger partial charge in [-0.1, -0.05) is 49.1 Å². The van der Waals surface area contributed by atoms with Crippen molar-refractivity contribution in [1.29, 1.82) is 5.41 Å². The van der Waals surface area contributed by atoms with E-state index in [2.05, 4.69) is 10.1 Å². The highest BCUT2D eigenvalue weighted by atomic mass is 32.2. The average molecular weight is 473 g/mol. The summed E-state index contributed by atoms with van der Waals surface area (Å²) in [6.07, 6.45) is 7.44. The standard InChI is InChI=1S/C26H24N4O3S/c1-16-6-5-9-19(14-16)25(32)33-20-12-10-17(11-13-20)15-21-22(27)30-26(28-23(21)31)34-24(29-30)18-7-3-2-4-8-18/h5-6,9-15,18,27H,2-4,7-8H2,1H3. The number of carbonyl (C=O) groups excluding carboxylic acids is 2. The highest BCUT2D eigenvalue weighted by Crippen LogP contribution is 2.36. The Labute approximate surface area is 202 Å². The Morgan fingerprint density at radius 1 is 1.15 bits per heavy atom. The van der Waals surface area contributed by atoms with Crippen molar-refractivity contribution in [2.45, 2.75) is 39.0 Å². The molecule has 0 spiro atoms. The number of benzene rings is 2. The summed E-state index contributed by atoms with van der Waals surface area (Å²) in [5.41, 5.74) is 2.35. The number of thioether (sulfide) groups is 1. The van der Waals surface area contributed by atoms with Gasteiger partial charge in [0.05, 0.1) is 11.1 Å². The van der Waals surface area contributed by atoms with E-state index in [0.717, 1.165) is 23.4 Å². The minimum absolute atomic E-state index is 0.0308. The number of fused-ring (bicyclic) bond motifs is 1. The van der Waals surface area contributed by atoms with Crippen molar-refractivity contribution in [1.82, 2.24) is 5.01 Å². The number of hydrogen-bond donors (Lipinski definition) is 1. The molecule has 2 aromatic rings. The lowest BCUT2D eigenvalue weighted by Crippen LogP contribution is -2.35. The van der Waals surface area contributed by atoms with Crippen molar-refractivity contribution in [3.8, 4) is 5.75 Å². The number of amides is 1. The van der Waals surface area contributed by atoms with E-state index in [4.69, 9.17) is 10.1 Å². The third kappa shape index (κ3) is 4.59. The summed E-state index contributed by atoms with van der Waals surface area (Å²) in [4.78, 5) is 29.2. The summed E-state index contributed by atoms with van der Waals surface area (Å²) in [6, 6.07) is 14.0. The van der Waals surface area contributed by atoms with Crippen molar-refractivity contribution < 1.29 is 14.3 Å². The van der Waals surface area contributed by atoms with Gasteiger partial charge in [0.1, 0.15) is 10.8 Å². The van der Waals surface area contributed by atoms with Gasteiger partial charge in [0, 0.05) is 5.92 Å². The van der Waals surface area contributed by atoms with Gasteiger partial charge in [-0.25, -0.2) is 4.79 Å². The van der Waals surface area contributed by atoms with Crippen LogP contribution < -0.4 is 4.74 Å². The molecule has 1 saturated carbocycles. The van der Waals surface area contributed by atoms with Crippen LogP contribution in [0.1, 0.15) is 53.6 Å². The fraction of sp³-hybridized carbons (Fsp3) is 0.269. The van der Waals surface area contributed by atoms with Gasteiger partial charge in [0.2, 0.25) is 5.17 Å². The van der Waals surface area contributed by atoms with E-state index in [1.54, 1.807) is 42.5 Å². The molecular weight excluding hydrogens is 448 g/mol. The fourth-order valence-corrected chi connectivity index (χ4v) is 5.32. The summed E-state index contributed by atoms with van der Waals surface area (Å²) in [5, 5.41) is 16.1. The largest absolute Gasteiger partial charge is 0.423 e. The summed E-state index contributed by atoms with van der Waals surface area (Å²) in [7, 11) is 0. The van der Waals surface area contributed by atoms with Gasteiger partial charge < -0.3 is 4.74 Å². The lowest BCUT2D eigenvalue weighted by Gasteiger charge is -2.20. The molecule has 1 fully saturated rings. The maximum Gasteiger partial charge on any atom is 0.343 e. The van der Waals surface area contributed by atoms with Crippen LogP contribution in [0.25, 0.3) is 6.08 Å². The third-order valence-electron chi connectivity index (χ3n) is 6.08. The molecule has 0 aromatic heterocycles. The molecule has 1 aliphatic carbocycles. The molecule has 0 bridgehead atoms. The number of hydrazone groups is 1. The molecule has 2 aromatic carbocycles. The zero-order chi connectivity index (χ0) is 23.7. The Kier molecular flexibility index (Phi) is 6.15. The highest BCUT2D eigenvalue weighted by Gasteiger charge is 2.37. The van der Waals surface area contributed by atoms with Crippen LogP contribution in [0.4, 0.5) is 0 Å². The van der Waals surface area contributed by atoms with Crippen molar-refractivity contribution in [3.63, 3.8) is 0 Å². The molecule has 172 valence electrons. The second-order valence-electron chi connectivity index (χ2n) is 8.62. The summed E-state index contributed by atoms with van der Waals surface area (Å²) in [6.45, 7) is 1.92. The van der Waals surface area contributed by atoms with Gasteiger partial charge in [-0.05, 0) is 67.4 Å². The molecular formula is C26H24N4O3S. The Balaban J connectivity index is 1.31. The lowest BCUT2D eigenvalue weighted by atomic mass is 9.90. The number of ether oxygens (including phenoxy) is 1. The first-order chi connectivity index (χ1) is 16.5. The molecule has 0 unspecified atom stereocenters. The van der Waals surface area contributed by atoms with Gasteiger partial charge in [-0.3, -0.25) is 10.2 Å². The number of nitrogens with one attached hydrogen (secondary N) is 1. The van der Waals surface area contributed by atoms with E-state index < -0.39 is 11.9 Å². The molecule has 0 atom stereocenters. The molecule has 5 rings (SSSR count).